The molecular weight excluding hydrogens is 356 g/mol. The molecule has 1 saturated heterocycles. The van der Waals surface area contributed by atoms with E-state index in [4.69, 9.17) is 21.6 Å². The van der Waals surface area contributed by atoms with E-state index in [-0.39, 0.29) is 24.1 Å². The summed E-state index contributed by atoms with van der Waals surface area (Å²) in [5.74, 6) is 0.185. The summed E-state index contributed by atoms with van der Waals surface area (Å²) in [7, 11) is 0. The zero-order valence-electron chi connectivity index (χ0n) is 16.3. The number of carbonyl (C=O) groups excluding carboxylic acids is 2. The number of nitrogen functional groups attached to an aromatic ring is 2. The SMILES string of the molecule is N=C(N)c1c(N)cccc1OCC1(C(=O)CC2CCCCC2)CCCNC1=O. The summed E-state index contributed by atoms with van der Waals surface area (Å²) in [6, 6.07) is 5.00. The van der Waals surface area contributed by atoms with Crippen molar-refractivity contribution in [3.63, 3.8) is 0 Å². The van der Waals surface area contributed by atoms with Crippen molar-refractivity contribution < 1.29 is 14.3 Å². The van der Waals surface area contributed by atoms with Gasteiger partial charge in [-0.3, -0.25) is 15.0 Å². The van der Waals surface area contributed by atoms with Gasteiger partial charge in [-0.25, -0.2) is 0 Å². The molecule has 0 bridgehead atoms. The van der Waals surface area contributed by atoms with Gasteiger partial charge in [0, 0.05) is 18.7 Å². The van der Waals surface area contributed by atoms with E-state index in [9.17, 15) is 9.59 Å². The van der Waals surface area contributed by atoms with Gasteiger partial charge in [-0.15, -0.1) is 0 Å². The largest absolute Gasteiger partial charge is 0.491 e. The monoisotopic (exact) mass is 386 g/mol. The molecule has 1 atom stereocenters. The van der Waals surface area contributed by atoms with Crippen LogP contribution in [0, 0.1) is 16.7 Å². The third kappa shape index (κ3) is 4.13. The molecule has 1 amide bonds. The minimum absolute atomic E-state index is 0.0371. The van der Waals surface area contributed by atoms with Gasteiger partial charge < -0.3 is 21.5 Å². The smallest absolute Gasteiger partial charge is 0.237 e. The normalized spacial score (nSPS) is 23.1. The highest BCUT2D eigenvalue weighted by molar-refractivity contribution is 6.07. The zero-order valence-corrected chi connectivity index (χ0v) is 16.3. The Kier molecular flexibility index (Phi) is 6.21. The molecule has 1 aromatic rings. The van der Waals surface area contributed by atoms with E-state index < -0.39 is 5.41 Å². The molecule has 28 heavy (non-hydrogen) atoms. The standard InChI is InChI=1S/C21H30N4O3/c22-15-8-4-9-16(18(15)19(23)24)28-13-21(10-5-11-25-20(21)27)17(26)12-14-6-2-1-3-7-14/h4,8-9,14H,1-3,5-7,10-13,22H2,(H3,23,24)(H,25,27). The fourth-order valence-corrected chi connectivity index (χ4v) is 4.37. The second kappa shape index (κ2) is 8.63. The highest BCUT2D eigenvalue weighted by Crippen LogP contribution is 2.36. The van der Waals surface area contributed by atoms with E-state index in [1.807, 2.05) is 0 Å². The summed E-state index contributed by atoms with van der Waals surface area (Å²) in [5.41, 5.74) is 11.0. The lowest BCUT2D eigenvalue weighted by Gasteiger charge is -2.36. The first kappa shape index (κ1) is 20.2. The fraction of sp³-hybridized carbons (Fsp3) is 0.571. The molecule has 1 heterocycles. The van der Waals surface area contributed by atoms with Crippen molar-refractivity contribution in [2.45, 2.75) is 51.4 Å². The molecule has 1 saturated carbocycles. The summed E-state index contributed by atoms with van der Waals surface area (Å²) < 4.78 is 5.92. The van der Waals surface area contributed by atoms with Gasteiger partial charge in [0.1, 0.15) is 23.6 Å². The molecule has 1 aliphatic heterocycles. The highest BCUT2D eigenvalue weighted by atomic mass is 16.5. The van der Waals surface area contributed by atoms with E-state index in [2.05, 4.69) is 5.32 Å². The molecule has 0 radical (unpaired) electrons. The fourth-order valence-electron chi connectivity index (χ4n) is 4.37. The van der Waals surface area contributed by atoms with E-state index in [1.165, 1.54) is 6.42 Å². The second-order valence-electron chi connectivity index (χ2n) is 8.00. The summed E-state index contributed by atoms with van der Waals surface area (Å²) in [6.07, 6.45) is 7.26. The maximum atomic E-state index is 13.3. The lowest BCUT2D eigenvalue weighted by Crippen LogP contribution is -2.54. The topological polar surface area (TPSA) is 131 Å². The van der Waals surface area contributed by atoms with E-state index in [1.54, 1.807) is 18.2 Å². The van der Waals surface area contributed by atoms with E-state index in [0.717, 1.165) is 32.1 Å². The molecule has 152 valence electrons. The van der Waals surface area contributed by atoms with Crippen LogP contribution in [0.2, 0.25) is 0 Å². The van der Waals surface area contributed by atoms with Crippen molar-refractivity contribution in [3.05, 3.63) is 23.8 Å². The number of rotatable bonds is 7. The number of amidine groups is 1. The van der Waals surface area contributed by atoms with Gasteiger partial charge in [0.15, 0.2) is 5.78 Å². The number of anilines is 1. The first-order valence-electron chi connectivity index (χ1n) is 10.1. The second-order valence-corrected chi connectivity index (χ2v) is 8.00. The molecular formula is C21H30N4O3. The van der Waals surface area contributed by atoms with Crippen LogP contribution in [-0.4, -0.2) is 30.7 Å². The molecule has 7 nitrogen and oxygen atoms in total. The van der Waals surface area contributed by atoms with Crippen LogP contribution in [0.4, 0.5) is 5.69 Å². The number of piperidine rings is 1. The Balaban J connectivity index is 1.81. The molecule has 1 unspecified atom stereocenters. The van der Waals surface area contributed by atoms with Crippen LogP contribution < -0.4 is 21.5 Å². The molecule has 1 aliphatic carbocycles. The van der Waals surface area contributed by atoms with Crippen molar-refractivity contribution in [1.82, 2.24) is 5.32 Å². The van der Waals surface area contributed by atoms with Crippen molar-refractivity contribution >= 4 is 23.2 Å². The van der Waals surface area contributed by atoms with Gasteiger partial charge in [-0.2, -0.15) is 0 Å². The van der Waals surface area contributed by atoms with E-state index >= 15 is 0 Å². The maximum Gasteiger partial charge on any atom is 0.237 e. The van der Waals surface area contributed by atoms with Crippen LogP contribution in [0.1, 0.15) is 56.9 Å². The third-order valence-electron chi connectivity index (χ3n) is 6.03. The Labute approximate surface area is 165 Å². The van der Waals surface area contributed by atoms with Gasteiger partial charge in [-0.05, 0) is 30.9 Å². The summed E-state index contributed by atoms with van der Waals surface area (Å²) >= 11 is 0. The predicted molar refractivity (Wildman–Crippen MR) is 108 cm³/mol. The number of ketones is 1. The van der Waals surface area contributed by atoms with Crippen LogP contribution in [-0.2, 0) is 9.59 Å². The third-order valence-corrected chi connectivity index (χ3v) is 6.03. The number of carbonyl (C=O) groups is 2. The first-order chi connectivity index (χ1) is 13.4. The minimum atomic E-state index is -1.19. The molecule has 0 aromatic heterocycles. The van der Waals surface area contributed by atoms with Crippen LogP contribution in [0.5, 0.6) is 5.75 Å². The minimum Gasteiger partial charge on any atom is -0.491 e. The average Bonchev–Trinajstić information content (AvgIpc) is 2.68. The van der Waals surface area contributed by atoms with Crippen molar-refractivity contribution in [2.24, 2.45) is 17.1 Å². The van der Waals surface area contributed by atoms with Crippen LogP contribution in [0.3, 0.4) is 0 Å². The summed E-state index contributed by atoms with van der Waals surface area (Å²) in [6.45, 7) is 0.516. The predicted octanol–water partition coefficient (Wildman–Crippen LogP) is 2.37. The maximum absolute atomic E-state index is 13.3. The van der Waals surface area contributed by atoms with Gasteiger partial charge >= 0.3 is 0 Å². The van der Waals surface area contributed by atoms with Gasteiger partial charge in [0.25, 0.3) is 0 Å². The molecule has 7 heteroatoms. The number of benzene rings is 1. The summed E-state index contributed by atoms with van der Waals surface area (Å²) in [5, 5.41) is 10.6. The molecule has 6 N–H and O–H groups in total. The van der Waals surface area contributed by atoms with Crippen molar-refractivity contribution in [2.75, 3.05) is 18.9 Å². The molecule has 3 rings (SSSR count). The lowest BCUT2D eigenvalue weighted by molar-refractivity contribution is -0.147. The molecule has 2 aliphatic rings. The van der Waals surface area contributed by atoms with Crippen LogP contribution >= 0.6 is 0 Å². The van der Waals surface area contributed by atoms with Crippen molar-refractivity contribution in [3.8, 4) is 5.75 Å². The average molecular weight is 386 g/mol. The Hall–Kier alpha value is -2.57. The van der Waals surface area contributed by atoms with E-state index in [0.29, 0.717) is 42.3 Å². The van der Waals surface area contributed by atoms with Crippen LogP contribution in [0.25, 0.3) is 0 Å². The number of amides is 1. The number of hydrogen-bond acceptors (Lipinski definition) is 5. The number of nitrogens with two attached hydrogens (primary N) is 2. The molecule has 1 aromatic carbocycles. The first-order valence-corrected chi connectivity index (χ1v) is 10.1. The summed E-state index contributed by atoms with van der Waals surface area (Å²) in [4.78, 5) is 26.1. The Bertz CT molecular complexity index is 758. The number of nitrogens with one attached hydrogen (secondary N) is 2. The Morgan fingerprint density at radius 3 is 2.68 bits per heavy atom. The quantitative estimate of drug-likeness (QED) is 0.247. The van der Waals surface area contributed by atoms with Crippen molar-refractivity contribution in [1.29, 1.82) is 5.41 Å². The molecule has 2 fully saturated rings. The van der Waals surface area contributed by atoms with Gasteiger partial charge in [-0.1, -0.05) is 38.2 Å². The number of Topliss-reactive ketones (excluding diaryl/α,β-unsaturated/α-hetero) is 1. The highest BCUT2D eigenvalue weighted by Gasteiger charge is 2.48. The van der Waals surface area contributed by atoms with Gasteiger partial charge in [0.05, 0.1) is 5.56 Å². The Morgan fingerprint density at radius 1 is 1.25 bits per heavy atom. The zero-order chi connectivity index (χ0) is 20.1. The number of ether oxygens (including phenoxy) is 1. The lowest BCUT2D eigenvalue weighted by atomic mass is 9.72. The molecule has 0 spiro atoms. The number of hydrogen-bond donors (Lipinski definition) is 4. The Morgan fingerprint density at radius 2 is 2.00 bits per heavy atom. The van der Waals surface area contributed by atoms with Crippen LogP contribution in [0.15, 0.2) is 18.2 Å². The van der Waals surface area contributed by atoms with Gasteiger partial charge in [0.2, 0.25) is 5.91 Å².